The number of nitrogens with zero attached hydrogens (tertiary/aromatic N) is 2. The summed E-state index contributed by atoms with van der Waals surface area (Å²) in [5.41, 5.74) is 0.0379. The van der Waals surface area contributed by atoms with E-state index in [0.717, 1.165) is 11.8 Å². The Labute approximate surface area is 139 Å². The molecule has 2 N–H and O–H groups in total. The predicted molar refractivity (Wildman–Crippen MR) is 81.5 cm³/mol. The van der Waals surface area contributed by atoms with Crippen molar-refractivity contribution in [3.8, 4) is 11.5 Å². The molecule has 0 aliphatic heterocycles. The van der Waals surface area contributed by atoms with Gasteiger partial charge in [0.2, 0.25) is 5.82 Å². The molecule has 0 saturated heterocycles. The second-order valence-corrected chi connectivity index (χ2v) is 5.73. The molecule has 0 bridgehead atoms. The third kappa shape index (κ3) is 4.00. The number of hydrogen-bond acceptors (Lipinski definition) is 7. The van der Waals surface area contributed by atoms with Crippen LogP contribution in [0.1, 0.15) is 5.82 Å². The van der Waals surface area contributed by atoms with Gasteiger partial charge in [-0.25, -0.2) is 9.97 Å². The fourth-order valence-electron chi connectivity index (χ4n) is 1.89. The second-order valence-electron chi connectivity index (χ2n) is 4.72. The predicted octanol–water partition coefficient (Wildman–Crippen LogP) is 2.11. The van der Waals surface area contributed by atoms with Crippen molar-refractivity contribution < 1.29 is 32.9 Å². The molecule has 0 aliphatic rings. The van der Waals surface area contributed by atoms with Gasteiger partial charge in [-0.1, -0.05) is 0 Å². The van der Waals surface area contributed by atoms with Crippen LogP contribution in [0.3, 0.4) is 0 Å². The number of fused-ring (bicyclic) bond motifs is 1. The maximum atomic E-state index is 13.0. The highest BCUT2D eigenvalue weighted by molar-refractivity contribution is 7.99. The van der Waals surface area contributed by atoms with Gasteiger partial charge in [-0.05, 0) is 6.07 Å². The fraction of sp³-hybridized carbons (Fsp3) is 0.429. The molecule has 10 heteroatoms. The molecule has 132 valence electrons. The summed E-state index contributed by atoms with van der Waals surface area (Å²) in [4.78, 5) is 7.09. The highest BCUT2D eigenvalue weighted by Crippen LogP contribution is 2.37. The third-order valence-corrected chi connectivity index (χ3v) is 4.18. The topological polar surface area (TPSA) is 84.7 Å². The molecule has 0 aliphatic carbocycles. The van der Waals surface area contributed by atoms with Crippen LogP contribution in [0, 0.1) is 0 Å². The van der Waals surface area contributed by atoms with Gasteiger partial charge in [-0.3, -0.25) is 0 Å². The van der Waals surface area contributed by atoms with Gasteiger partial charge in [0.1, 0.15) is 5.03 Å². The maximum absolute atomic E-state index is 13.0. The molecule has 2 aromatic rings. The molecule has 1 heterocycles. The Kier molecular flexibility index (Phi) is 5.73. The molecular formula is C14H15F3N2O4S. The Balaban J connectivity index is 2.61. The molecule has 1 aromatic carbocycles. The van der Waals surface area contributed by atoms with E-state index in [0.29, 0.717) is 11.1 Å². The van der Waals surface area contributed by atoms with Crippen molar-refractivity contribution in [3.05, 3.63) is 18.0 Å². The Morgan fingerprint density at radius 1 is 1.17 bits per heavy atom. The molecule has 0 radical (unpaired) electrons. The van der Waals surface area contributed by atoms with Crippen LogP contribution in [0.15, 0.2) is 17.2 Å². The van der Waals surface area contributed by atoms with E-state index in [-0.39, 0.29) is 22.0 Å². The van der Waals surface area contributed by atoms with Gasteiger partial charge in [0.05, 0.1) is 32.4 Å². The average molecular weight is 364 g/mol. The van der Waals surface area contributed by atoms with Gasteiger partial charge in [0, 0.05) is 17.2 Å². The van der Waals surface area contributed by atoms with Crippen molar-refractivity contribution in [2.75, 3.05) is 26.6 Å². The summed E-state index contributed by atoms with van der Waals surface area (Å²) in [5, 5.41) is 18.6. The number of alkyl halides is 3. The summed E-state index contributed by atoms with van der Waals surface area (Å²) in [5.74, 6) is -0.752. The zero-order valence-corrected chi connectivity index (χ0v) is 13.6. The van der Waals surface area contributed by atoms with Gasteiger partial charge in [0.25, 0.3) is 0 Å². The lowest BCUT2D eigenvalue weighted by Gasteiger charge is -2.14. The van der Waals surface area contributed by atoms with E-state index in [1.54, 1.807) is 0 Å². The molecule has 6 nitrogen and oxygen atoms in total. The maximum Gasteiger partial charge on any atom is 0.451 e. The van der Waals surface area contributed by atoms with E-state index in [9.17, 15) is 18.3 Å². The third-order valence-electron chi connectivity index (χ3n) is 3.04. The molecule has 2 rings (SSSR count). The molecule has 1 atom stereocenters. The van der Waals surface area contributed by atoms with E-state index in [1.807, 2.05) is 0 Å². The second kappa shape index (κ2) is 7.41. The smallest absolute Gasteiger partial charge is 0.451 e. The molecule has 0 amide bonds. The van der Waals surface area contributed by atoms with Gasteiger partial charge < -0.3 is 19.7 Å². The Hall–Kier alpha value is -1.78. The minimum atomic E-state index is -4.72. The number of rotatable bonds is 6. The summed E-state index contributed by atoms with van der Waals surface area (Å²) in [6.45, 7) is -0.501. The van der Waals surface area contributed by atoms with Crippen molar-refractivity contribution >= 4 is 22.7 Å². The lowest BCUT2D eigenvalue weighted by atomic mass is 10.2. The van der Waals surface area contributed by atoms with Crippen LogP contribution in [0.2, 0.25) is 0 Å². The first-order valence-electron chi connectivity index (χ1n) is 6.72. The SMILES string of the molecule is COc1cc2nc(C(F)(F)F)nc(SCC(O)CO)c2cc1OC. The number of aliphatic hydroxyl groups excluding tert-OH is 2. The van der Waals surface area contributed by atoms with Crippen molar-refractivity contribution in [2.45, 2.75) is 17.3 Å². The number of aliphatic hydroxyl groups is 2. The van der Waals surface area contributed by atoms with Crippen LogP contribution in [0.4, 0.5) is 13.2 Å². The van der Waals surface area contributed by atoms with E-state index < -0.39 is 24.7 Å². The monoisotopic (exact) mass is 364 g/mol. The van der Waals surface area contributed by atoms with E-state index >= 15 is 0 Å². The number of methoxy groups -OCH3 is 2. The van der Waals surface area contributed by atoms with Gasteiger partial charge >= 0.3 is 6.18 Å². The van der Waals surface area contributed by atoms with Gasteiger partial charge in [-0.2, -0.15) is 13.2 Å². The first-order valence-corrected chi connectivity index (χ1v) is 7.71. The molecule has 24 heavy (non-hydrogen) atoms. The minimum absolute atomic E-state index is 0.0196. The number of ether oxygens (including phenoxy) is 2. The Morgan fingerprint density at radius 2 is 1.79 bits per heavy atom. The largest absolute Gasteiger partial charge is 0.493 e. The van der Waals surface area contributed by atoms with Gasteiger partial charge in [-0.15, -0.1) is 11.8 Å². The van der Waals surface area contributed by atoms with Crippen molar-refractivity contribution in [3.63, 3.8) is 0 Å². The lowest BCUT2D eigenvalue weighted by molar-refractivity contribution is -0.145. The quantitative estimate of drug-likeness (QED) is 0.600. The molecule has 1 unspecified atom stereocenters. The van der Waals surface area contributed by atoms with Crippen molar-refractivity contribution in [1.29, 1.82) is 0 Å². The Morgan fingerprint density at radius 3 is 2.33 bits per heavy atom. The van der Waals surface area contributed by atoms with Crippen molar-refractivity contribution in [2.24, 2.45) is 0 Å². The van der Waals surface area contributed by atoms with Crippen molar-refractivity contribution in [1.82, 2.24) is 9.97 Å². The zero-order chi connectivity index (χ0) is 17.9. The summed E-state index contributed by atoms with van der Waals surface area (Å²) in [6.07, 6.45) is -5.79. The number of benzene rings is 1. The van der Waals surface area contributed by atoms with E-state index in [4.69, 9.17) is 14.6 Å². The highest BCUT2D eigenvalue weighted by atomic mass is 32.2. The number of thioether (sulfide) groups is 1. The Bertz CT molecular complexity index is 727. The van der Waals surface area contributed by atoms with E-state index in [1.165, 1.54) is 26.4 Å². The van der Waals surface area contributed by atoms with Crippen LogP contribution in [-0.2, 0) is 6.18 Å². The number of aromatic nitrogens is 2. The fourth-order valence-corrected chi connectivity index (χ4v) is 2.82. The zero-order valence-electron chi connectivity index (χ0n) is 12.8. The lowest BCUT2D eigenvalue weighted by Crippen LogP contribution is -2.16. The van der Waals surface area contributed by atoms with Crippen LogP contribution >= 0.6 is 11.8 Å². The van der Waals surface area contributed by atoms with Crippen LogP contribution in [-0.4, -0.2) is 52.9 Å². The summed E-state index contributed by atoms with van der Waals surface area (Å²) in [6, 6.07) is 2.81. The summed E-state index contributed by atoms with van der Waals surface area (Å²) < 4.78 is 49.2. The van der Waals surface area contributed by atoms with Crippen LogP contribution in [0.5, 0.6) is 11.5 Å². The molecule has 0 saturated carbocycles. The normalized spacial score (nSPS) is 13.1. The molecular weight excluding hydrogens is 349 g/mol. The first kappa shape index (κ1) is 18.6. The minimum Gasteiger partial charge on any atom is -0.493 e. The average Bonchev–Trinajstić information content (AvgIpc) is 2.56. The first-order chi connectivity index (χ1) is 11.3. The highest BCUT2D eigenvalue weighted by Gasteiger charge is 2.35. The summed E-state index contributed by atoms with van der Waals surface area (Å²) in [7, 11) is 2.76. The van der Waals surface area contributed by atoms with Crippen LogP contribution in [0.25, 0.3) is 10.9 Å². The van der Waals surface area contributed by atoms with E-state index in [2.05, 4.69) is 9.97 Å². The summed E-state index contributed by atoms with van der Waals surface area (Å²) >= 11 is 0.888. The van der Waals surface area contributed by atoms with Gasteiger partial charge in [0.15, 0.2) is 11.5 Å². The molecule has 0 spiro atoms. The number of halogens is 3. The number of hydrogen-bond donors (Lipinski definition) is 2. The molecule has 1 aromatic heterocycles. The standard InChI is InChI=1S/C14H15F3N2O4S/c1-22-10-3-8-9(4-11(10)23-2)18-13(14(15,16)17)19-12(8)24-6-7(21)5-20/h3-4,7,20-21H,5-6H2,1-2H3. The molecule has 0 fully saturated rings. The van der Waals surface area contributed by atoms with Crippen LogP contribution < -0.4 is 9.47 Å².